The molecule has 0 bridgehead atoms. The molecule has 0 spiro atoms. The number of fused-ring (bicyclic) bond motifs is 1. The van der Waals surface area contributed by atoms with Crippen LogP contribution in [0.2, 0.25) is 5.02 Å². The average molecular weight is 383 g/mol. The van der Waals surface area contributed by atoms with E-state index in [-0.39, 0.29) is 45.7 Å². The van der Waals surface area contributed by atoms with E-state index in [1.165, 1.54) is 24.3 Å². The van der Waals surface area contributed by atoms with Gasteiger partial charge >= 0.3 is 6.18 Å². The number of nitrogens with zero attached hydrogens (tertiary/aromatic N) is 1. The maximum atomic E-state index is 13.5. The molecule has 0 aliphatic carbocycles. The Morgan fingerprint density at radius 2 is 1.85 bits per heavy atom. The van der Waals surface area contributed by atoms with Gasteiger partial charge in [-0.3, -0.25) is 5.10 Å². The zero-order chi connectivity index (χ0) is 18.5. The molecule has 9 heteroatoms. The van der Waals surface area contributed by atoms with E-state index in [2.05, 4.69) is 5.10 Å². The van der Waals surface area contributed by atoms with Crippen molar-refractivity contribution in [2.75, 3.05) is 6.79 Å². The van der Waals surface area contributed by atoms with Crippen LogP contribution in [0.25, 0.3) is 22.4 Å². The molecular weight excluding hydrogens is 373 g/mol. The van der Waals surface area contributed by atoms with Crippen molar-refractivity contribution in [1.82, 2.24) is 10.2 Å². The largest absolute Gasteiger partial charge is 0.504 e. The van der Waals surface area contributed by atoms with Crippen molar-refractivity contribution >= 4 is 11.6 Å². The minimum Gasteiger partial charge on any atom is -0.504 e. The maximum absolute atomic E-state index is 13.5. The molecular formula is C17H10ClF3N2O3. The molecule has 0 fully saturated rings. The number of ether oxygens (including phenoxy) is 2. The standard InChI is InChI=1S/C17H10ClF3N2O3/c18-10-4-2-1-3-8(10)12-13(22-23-16(12)17(19,20)21)9-5-6-11-15(14(9)24)26-7-25-11/h1-6,24H,7H2,(H,22,23). The van der Waals surface area contributed by atoms with Crippen LogP contribution >= 0.6 is 11.6 Å². The van der Waals surface area contributed by atoms with Crippen LogP contribution < -0.4 is 9.47 Å². The normalized spacial score (nSPS) is 13.2. The van der Waals surface area contributed by atoms with Gasteiger partial charge in [0.15, 0.2) is 11.5 Å². The summed E-state index contributed by atoms with van der Waals surface area (Å²) in [6.07, 6.45) is -4.69. The number of aromatic hydroxyl groups is 1. The van der Waals surface area contributed by atoms with E-state index in [0.717, 1.165) is 0 Å². The summed E-state index contributed by atoms with van der Waals surface area (Å²) >= 11 is 6.11. The van der Waals surface area contributed by atoms with Gasteiger partial charge in [0.25, 0.3) is 0 Å². The number of nitrogens with one attached hydrogen (secondary N) is 1. The molecule has 26 heavy (non-hydrogen) atoms. The van der Waals surface area contributed by atoms with Gasteiger partial charge in [-0.05, 0) is 18.2 Å². The van der Waals surface area contributed by atoms with Crippen molar-refractivity contribution in [3.8, 4) is 39.6 Å². The molecule has 1 aliphatic rings. The lowest BCUT2D eigenvalue weighted by molar-refractivity contribution is -0.140. The van der Waals surface area contributed by atoms with E-state index in [0.29, 0.717) is 5.75 Å². The lowest BCUT2D eigenvalue weighted by atomic mass is 9.97. The second-order valence-corrected chi connectivity index (χ2v) is 5.90. The molecule has 2 N–H and O–H groups in total. The third-order valence-corrected chi connectivity index (χ3v) is 4.29. The van der Waals surface area contributed by atoms with Gasteiger partial charge in [-0.25, -0.2) is 0 Å². The number of H-pyrrole nitrogens is 1. The van der Waals surface area contributed by atoms with Gasteiger partial charge in [-0.15, -0.1) is 0 Å². The van der Waals surface area contributed by atoms with Crippen molar-refractivity contribution < 1.29 is 27.8 Å². The zero-order valence-corrected chi connectivity index (χ0v) is 13.6. The highest BCUT2D eigenvalue weighted by atomic mass is 35.5. The third kappa shape index (κ3) is 2.53. The van der Waals surface area contributed by atoms with E-state index in [1.807, 2.05) is 5.10 Å². The smallest absolute Gasteiger partial charge is 0.433 e. The number of alkyl halides is 3. The molecule has 3 aromatic rings. The lowest BCUT2D eigenvalue weighted by Crippen LogP contribution is -2.07. The maximum Gasteiger partial charge on any atom is 0.433 e. The number of phenolic OH excluding ortho intramolecular Hbond substituents is 1. The molecule has 4 rings (SSSR count). The van der Waals surface area contributed by atoms with Gasteiger partial charge in [-0.2, -0.15) is 18.3 Å². The molecule has 134 valence electrons. The summed E-state index contributed by atoms with van der Waals surface area (Å²) in [6.45, 7) is -0.0852. The van der Waals surface area contributed by atoms with Crippen LogP contribution in [0.1, 0.15) is 5.69 Å². The van der Waals surface area contributed by atoms with Gasteiger partial charge in [0.2, 0.25) is 12.5 Å². The first-order valence-electron chi connectivity index (χ1n) is 7.40. The number of halogens is 4. The summed E-state index contributed by atoms with van der Waals surface area (Å²) in [5.41, 5.74) is -1.20. The number of benzene rings is 2. The van der Waals surface area contributed by atoms with E-state index in [4.69, 9.17) is 21.1 Å². The first-order chi connectivity index (χ1) is 12.4. The van der Waals surface area contributed by atoms with Crippen molar-refractivity contribution in [1.29, 1.82) is 0 Å². The molecule has 0 unspecified atom stereocenters. The molecule has 5 nitrogen and oxygen atoms in total. The van der Waals surface area contributed by atoms with Crippen LogP contribution in [0, 0.1) is 0 Å². The summed E-state index contributed by atoms with van der Waals surface area (Å²) in [5.74, 6) is 0.00909. The van der Waals surface area contributed by atoms with E-state index < -0.39 is 11.9 Å². The third-order valence-electron chi connectivity index (χ3n) is 3.96. The average Bonchev–Trinajstić information content (AvgIpc) is 3.22. The molecule has 0 saturated carbocycles. The molecule has 1 aliphatic heterocycles. The Balaban J connectivity index is 2.00. The zero-order valence-electron chi connectivity index (χ0n) is 12.9. The monoisotopic (exact) mass is 382 g/mol. The minimum absolute atomic E-state index is 0.0594. The van der Waals surface area contributed by atoms with Crippen LogP contribution in [-0.4, -0.2) is 22.1 Å². The van der Waals surface area contributed by atoms with Crippen LogP contribution in [0.5, 0.6) is 17.2 Å². The molecule has 0 amide bonds. The predicted molar refractivity (Wildman–Crippen MR) is 87.3 cm³/mol. The fourth-order valence-electron chi connectivity index (χ4n) is 2.82. The predicted octanol–water partition coefficient (Wildman–Crippen LogP) is 4.85. The Morgan fingerprint density at radius 1 is 1.08 bits per heavy atom. The van der Waals surface area contributed by atoms with E-state index in [1.54, 1.807) is 12.1 Å². The van der Waals surface area contributed by atoms with Gasteiger partial charge in [0.05, 0.1) is 0 Å². The first-order valence-corrected chi connectivity index (χ1v) is 7.78. The molecule has 2 heterocycles. The van der Waals surface area contributed by atoms with E-state index >= 15 is 0 Å². The molecule has 2 aromatic carbocycles. The number of phenols is 1. The number of hydrogen-bond donors (Lipinski definition) is 2. The van der Waals surface area contributed by atoms with Crippen molar-refractivity contribution in [2.24, 2.45) is 0 Å². The fraction of sp³-hybridized carbons (Fsp3) is 0.118. The molecule has 1 aromatic heterocycles. The number of aromatic amines is 1. The molecule has 0 radical (unpaired) electrons. The van der Waals surface area contributed by atoms with Gasteiger partial charge in [0.1, 0.15) is 11.4 Å². The van der Waals surface area contributed by atoms with Crippen molar-refractivity contribution in [3.63, 3.8) is 0 Å². The summed E-state index contributed by atoms with van der Waals surface area (Å²) in [7, 11) is 0. The highest BCUT2D eigenvalue weighted by Gasteiger charge is 2.39. The summed E-state index contributed by atoms with van der Waals surface area (Å²) < 4.78 is 50.8. The fourth-order valence-corrected chi connectivity index (χ4v) is 3.05. The highest BCUT2D eigenvalue weighted by molar-refractivity contribution is 6.33. The van der Waals surface area contributed by atoms with Crippen molar-refractivity contribution in [2.45, 2.75) is 6.18 Å². The molecule has 0 atom stereocenters. The van der Waals surface area contributed by atoms with Crippen LogP contribution in [0.3, 0.4) is 0 Å². The van der Waals surface area contributed by atoms with Crippen LogP contribution in [0.15, 0.2) is 36.4 Å². The summed E-state index contributed by atoms with van der Waals surface area (Å²) in [6, 6.07) is 9.02. The minimum atomic E-state index is -4.69. The lowest BCUT2D eigenvalue weighted by Gasteiger charge is -2.12. The Morgan fingerprint density at radius 3 is 2.58 bits per heavy atom. The van der Waals surface area contributed by atoms with Crippen molar-refractivity contribution in [3.05, 3.63) is 47.1 Å². The summed E-state index contributed by atoms with van der Waals surface area (Å²) in [5, 5.41) is 16.4. The Bertz CT molecular complexity index is 1000. The van der Waals surface area contributed by atoms with Crippen LogP contribution in [-0.2, 0) is 6.18 Å². The SMILES string of the molecule is Oc1c(-c2n[nH]c(C(F)(F)F)c2-c2ccccc2Cl)ccc2c1OCO2. The van der Waals surface area contributed by atoms with E-state index in [9.17, 15) is 18.3 Å². The number of rotatable bonds is 2. The Labute approximate surface area is 149 Å². The first kappa shape index (κ1) is 16.6. The number of aromatic nitrogens is 2. The Kier molecular flexibility index (Phi) is 3.73. The van der Waals surface area contributed by atoms with Crippen LogP contribution in [0.4, 0.5) is 13.2 Å². The Hall–Kier alpha value is -2.87. The van der Waals surface area contributed by atoms with Gasteiger partial charge in [0, 0.05) is 21.7 Å². The van der Waals surface area contributed by atoms with Gasteiger partial charge < -0.3 is 14.6 Å². The molecule has 0 saturated heterocycles. The quantitative estimate of drug-likeness (QED) is 0.665. The van der Waals surface area contributed by atoms with Gasteiger partial charge in [-0.1, -0.05) is 29.8 Å². The summed E-state index contributed by atoms with van der Waals surface area (Å²) in [4.78, 5) is 0. The second-order valence-electron chi connectivity index (χ2n) is 5.50. The highest BCUT2D eigenvalue weighted by Crippen LogP contribution is 2.50. The second kappa shape index (κ2) is 5.84. The number of hydrogen-bond acceptors (Lipinski definition) is 4. The topological polar surface area (TPSA) is 67.4 Å².